The van der Waals surface area contributed by atoms with Crippen molar-refractivity contribution < 1.29 is 18.0 Å². The van der Waals surface area contributed by atoms with Crippen LogP contribution in [-0.2, 0) is 4.79 Å². The summed E-state index contributed by atoms with van der Waals surface area (Å²) in [6.07, 6.45) is -1.20. The number of nitrogens with zero attached hydrogens (tertiary/aromatic N) is 1. The van der Waals surface area contributed by atoms with Gasteiger partial charge in [0, 0.05) is 19.0 Å². The average Bonchev–Trinajstić information content (AvgIpc) is 2.43. The van der Waals surface area contributed by atoms with Crippen molar-refractivity contribution >= 4 is 5.91 Å². The normalized spacial score (nSPS) is 19.5. The molecule has 1 amide bonds. The van der Waals surface area contributed by atoms with Crippen molar-refractivity contribution in [3.8, 4) is 0 Å². The van der Waals surface area contributed by atoms with Gasteiger partial charge in [-0.05, 0) is 38.3 Å². The van der Waals surface area contributed by atoms with Crippen molar-refractivity contribution in [3.63, 3.8) is 0 Å². The molecule has 1 aliphatic heterocycles. The highest BCUT2D eigenvalue weighted by atomic mass is 19.4. The number of piperidine rings is 1. The first-order valence-electron chi connectivity index (χ1n) is 7.88. The summed E-state index contributed by atoms with van der Waals surface area (Å²) in [4.78, 5) is 13.7. The molecule has 0 aliphatic carbocycles. The smallest absolute Gasteiger partial charge is 0.356 e. The van der Waals surface area contributed by atoms with E-state index in [2.05, 4.69) is 12.2 Å². The van der Waals surface area contributed by atoms with Crippen molar-refractivity contribution in [2.45, 2.75) is 52.1 Å². The Morgan fingerprint density at radius 2 is 1.95 bits per heavy atom. The first kappa shape index (κ1) is 18.3. The summed E-state index contributed by atoms with van der Waals surface area (Å²) in [5.74, 6) is 0.531. The van der Waals surface area contributed by atoms with Crippen LogP contribution in [0.25, 0.3) is 0 Å². The highest BCUT2D eigenvalue weighted by molar-refractivity contribution is 5.78. The second-order valence-corrected chi connectivity index (χ2v) is 6.09. The van der Waals surface area contributed by atoms with E-state index in [4.69, 9.17) is 0 Å². The van der Waals surface area contributed by atoms with Crippen molar-refractivity contribution in [3.05, 3.63) is 0 Å². The zero-order chi connectivity index (χ0) is 15.9. The molecule has 0 spiro atoms. The van der Waals surface area contributed by atoms with Gasteiger partial charge in [0.05, 0.1) is 6.42 Å². The Morgan fingerprint density at radius 1 is 1.33 bits per heavy atom. The predicted octanol–water partition coefficient (Wildman–Crippen LogP) is 3.20. The van der Waals surface area contributed by atoms with Crippen LogP contribution >= 0.6 is 0 Å². The summed E-state index contributed by atoms with van der Waals surface area (Å²) in [6, 6.07) is 0. The lowest BCUT2D eigenvalue weighted by Crippen LogP contribution is -2.40. The Balaban J connectivity index is 2.17. The number of hydrogen-bond acceptors (Lipinski definition) is 2. The molecule has 1 fully saturated rings. The number of halogens is 3. The van der Waals surface area contributed by atoms with Gasteiger partial charge in [0.1, 0.15) is 0 Å². The van der Waals surface area contributed by atoms with E-state index >= 15 is 0 Å². The number of likely N-dealkylation sites (tertiary alicyclic amines) is 1. The Labute approximate surface area is 125 Å². The zero-order valence-electron chi connectivity index (χ0n) is 13.0. The van der Waals surface area contributed by atoms with E-state index in [1.54, 1.807) is 0 Å². The molecule has 21 heavy (non-hydrogen) atoms. The minimum Gasteiger partial charge on any atom is -0.356 e. The fourth-order valence-electron chi connectivity index (χ4n) is 2.68. The second-order valence-electron chi connectivity index (χ2n) is 6.09. The van der Waals surface area contributed by atoms with Crippen LogP contribution in [0.1, 0.15) is 46.0 Å². The van der Waals surface area contributed by atoms with E-state index in [1.807, 2.05) is 11.8 Å². The Morgan fingerprint density at radius 3 is 2.48 bits per heavy atom. The molecule has 1 saturated heterocycles. The standard InChI is InChI=1S/C15H27F3N2O/c1-3-4-12(2)14(21)19-11-13-5-8-20(9-6-13)10-7-15(16,17)18/h12-13H,3-11H2,1-2H3,(H,19,21). The molecule has 0 bridgehead atoms. The third kappa shape index (κ3) is 7.69. The van der Waals surface area contributed by atoms with Crippen molar-refractivity contribution in [1.82, 2.24) is 10.2 Å². The minimum absolute atomic E-state index is 0.0434. The lowest BCUT2D eigenvalue weighted by molar-refractivity contribution is -0.138. The fourth-order valence-corrected chi connectivity index (χ4v) is 2.68. The molecule has 1 N–H and O–H groups in total. The van der Waals surface area contributed by atoms with E-state index in [1.165, 1.54) is 0 Å². The summed E-state index contributed by atoms with van der Waals surface area (Å²) in [7, 11) is 0. The summed E-state index contributed by atoms with van der Waals surface area (Å²) < 4.78 is 36.5. The van der Waals surface area contributed by atoms with Crippen molar-refractivity contribution in [1.29, 1.82) is 0 Å². The number of rotatable bonds is 7. The van der Waals surface area contributed by atoms with Gasteiger partial charge in [-0.25, -0.2) is 0 Å². The van der Waals surface area contributed by atoms with Gasteiger partial charge in [-0.15, -0.1) is 0 Å². The van der Waals surface area contributed by atoms with Crippen LogP contribution < -0.4 is 5.32 Å². The molecule has 1 rings (SSSR count). The van der Waals surface area contributed by atoms with Crippen LogP contribution in [-0.4, -0.2) is 43.2 Å². The summed E-state index contributed by atoms with van der Waals surface area (Å²) in [5, 5.41) is 2.97. The molecule has 1 aliphatic rings. The average molecular weight is 308 g/mol. The monoisotopic (exact) mass is 308 g/mol. The lowest BCUT2D eigenvalue weighted by atomic mass is 9.96. The van der Waals surface area contributed by atoms with E-state index in [9.17, 15) is 18.0 Å². The summed E-state index contributed by atoms with van der Waals surface area (Å²) >= 11 is 0. The van der Waals surface area contributed by atoms with Gasteiger partial charge >= 0.3 is 6.18 Å². The fraction of sp³-hybridized carbons (Fsp3) is 0.933. The molecule has 0 radical (unpaired) electrons. The van der Waals surface area contributed by atoms with Gasteiger partial charge in [-0.3, -0.25) is 4.79 Å². The first-order chi connectivity index (χ1) is 9.81. The van der Waals surface area contributed by atoms with Crippen LogP contribution in [0.3, 0.4) is 0 Å². The molecule has 0 aromatic heterocycles. The molecule has 0 aromatic carbocycles. The van der Waals surface area contributed by atoms with Crippen LogP contribution in [0, 0.1) is 11.8 Å². The number of hydrogen-bond donors (Lipinski definition) is 1. The molecular formula is C15H27F3N2O. The lowest BCUT2D eigenvalue weighted by Gasteiger charge is -2.32. The minimum atomic E-state index is -4.07. The quantitative estimate of drug-likeness (QED) is 0.783. The molecule has 6 heteroatoms. The van der Waals surface area contributed by atoms with E-state index in [0.29, 0.717) is 25.6 Å². The van der Waals surface area contributed by atoms with Gasteiger partial charge in [0.15, 0.2) is 0 Å². The Kier molecular flexibility index (Phi) is 7.49. The van der Waals surface area contributed by atoms with E-state index < -0.39 is 12.6 Å². The number of carbonyl (C=O) groups is 1. The molecule has 0 aromatic rings. The van der Waals surface area contributed by atoms with Crippen LogP contribution in [0.15, 0.2) is 0 Å². The van der Waals surface area contributed by atoms with Gasteiger partial charge in [0.2, 0.25) is 5.91 Å². The van der Waals surface area contributed by atoms with Gasteiger partial charge < -0.3 is 10.2 Å². The molecule has 124 valence electrons. The first-order valence-corrected chi connectivity index (χ1v) is 7.88. The Hall–Kier alpha value is -0.780. The van der Waals surface area contributed by atoms with Gasteiger partial charge in [0.25, 0.3) is 0 Å². The van der Waals surface area contributed by atoms with E-state index in [0.717, 1.165) is 25.7 Å². The van der Waals surface area contributed by atoms with Gasteiger partial charge in [-0.2, -0.15) is 13.2 Å². The largest absolute Gasteiger partial charge is 0.390 e. The maximum Gasteiger partial charge on any atom is 0.390 e. The topological polar surface area (TPSA) is 32.3 Å². The van der Waals surface area contributed by atoms with E-state index in [-0.39, 0.29) is 18.4 Å². The third-order valence-corrected chi connectivity index (χ3v) is 4.15. The van der Waals surface area contributed by atoms with Crippen LogP contribution in [0.4, 0.5) is 13.2 Å². The maximum atomic E-state index is 12.2. The molecular weight excluding hydrogens is 281 g/mol. The molecule has 1 heterocycles. The predicted molar refractivity (Wildman–Crippen MR) is 76.9 cm³/mol. The third-order valence-electron chi connectivity index (χ3n) is 4.15. The molecule has 0 saturated carbocycles. The molecule has 1 atom stereocenters. The molecule has 3 nitrogen and oxygen atoms in total. The second kappa shape index (κ2) is 8.61. The SMILES string of the molecule is CCCC(C)C(=O)NCC1CCN(CCC(F)(F)F)CC1. The van der Waals surface area contributed by atoms with Crippen LogP contribution in [0.2, 0.25) is 0 Å². The number of alkyl halides is 3. The zero-order valence-corrected chi connectivity index (χ0v) is 13.0. The maximum absolute atomic E-state index is 12.2. The number of amides is 1. The number of carbonyl (C=O) groups excluding carboxylic acids is 1. The summed E-state index contributed by atoms with van der Waals surface area (Å²) in [5.41, 5.74) is 0. The molecule has 1 unspecified atom stereocenters. The highest BCUT2D eigenvalue weighted by Gasteiger charge is 2.29. The van der Waals surface area contributed by atoms with Crippen molar-refractivity contribution in [2.75, 3.05) is 26.2 Å². The Bertz CT molecular complexity index is 313. The summed E-state index contributed by atoms with van der Waals surface area (Å²) in [6.45, 7) is 6.12. The van der Waals surface area contributed by atoms with Crippen molar-refractivity contribution in [2.24, 2.45) is 11.8 Å². The van der Waals surface area contributed by atoms with Gasteiger partial charge in [-0.1, -0.05) is 20.3 Å². The number of nitrogens with one attached hydrogen (secondary N) is 1. The highest BCUT2D eigenvalue weighted by Crippen LogP contribution is 2.22. The van der Waals surface area contributed by atoms with Crippen LogP contribution in [0.5, 0.6) is 0 Å².